The van der Waals surface area contributed by atoms with Crippen molar-refractivity contribution >= 4 is 35.8 Å². The molecule has 2 fully saturated rings. The van der Waals surface area contributed by atoms with Gasteiger partial charge in [-0.3, -0.25) is 9.79 Å². The standard InChI is InChI=1S/C22H34N4O.HI/c1-2-23-22(24-13-7-15-25-14-6-10-21(25)27)26-16-11-20(12-17-26)18-19-8-4-3-5-9-19;/h3-5,8-9,20H,2,6-7,10-18H2,1H3,(H,23,24);1H. The lowest BCUT2D eigenvalue weighted by Crippen LogP contribution is -2.46. The van der Waals surface area contributed by atoms with Crippen LogP contribution in [0.4, 0.5) is 0 Å². The number of benzene rings is 1. The highest BCUT2D eigenvalue weighted by atomic mass is 127. The third-order valence-electron chi connectivity index (χ3n) is 5.64. The molecule has 2 aliphatic rings. The monoisotopic (exact) mass is 498 g/mol. The number of hydrogen-bond donors (Lipinski definition) is 1. The van der Waals surface area contributed by atoms with E-state index in [0.717, 1.165) is 70.4 Å². The Balaban J connectivity index is 0.00000280. The van der Waals surface area contributed by atoms with Crippen LogP contribution in [0.25, 0.3) is 0 Å². The van der Waals surface area contributed by atoms with Crippen LogP contribution >= 0.6 is 24.0 Å². The molecule has 1 aromatic carbocycles. The summed E-state index contributed by atoms with van der Waals surface area (Å²) >= 11 is 0. The van der Waals surface area contributed by atoms with Gasteiger partial charge < -0.3 is 15.1 Å². The van der Waals surface area contributed by atoms with E-state index in [-0.39, 0.29) is 24.0 Å². The van der Waals surface area contributed by atoms with Gasteiger partial charge in [-0.15, -0.1) is 24.0 Å². The number of rotatable bonds is 7. The number of carbonyl (C=O) groups excluding carboxylic acids is 1. The van der Waals surface area contributed by atoms with Gasteiger partial charge in [-0.05, 0) is 50.5 Å². The summed E-state index contributed by atoms with van der Waals surface area (Å²) in [6.07, 6.45) is 6.33. The van der Waals surface area contributed by atoms with Gasteiger partial charge in [0.05, 0.1) is 0 Å². The van der Waals surface area contributed by atoms with Crippen LogP contribution in [-0.2, 0) is 11.2 Å². The molecule has 6 heteroatoms. The van der Waals surface area contributed by atoms with Crippen LogP contribution in [0.1, 0.15) is 44.6 Å². The highest BCUT2D eigenvalue weighted by Crippen LogP contribution is 2.21. The molecule has 0 bridgehead atoms. The minimum atomic E-state index is 0. The fourth-order valence-corrected chi connectivity index (χ4v) is 4.11. The third kappa shape index (κ3) is 6.94. The Morgan fingerprint density at radius 2 is 1.93 bits per heavy atom. The third-order valence-corrected chi connectivity index (χ3v) is 5.64. The highest BCUT2D eigenvalue weighted by Gasteiger charge is 2.22. The fraction of sp³-hybridized carbons (Fsp3) is 0.636. The Morgan fingerprint density at radius 3 is 2.57 bits per heavy atom. The summed E-state index contributed by atoms with van der Waals surface area (Å²) in [7, 11) is 0. The first-order chi connectivity index (χ1) is 13.3. The summed E-state index contributed by atoms with van der Waals surface area (Å²) in [5.41, 5.74) is 1.45. The molecule has 1 N–H and O–H groups in total. The lowest BCUT2D eigenvalue weighted by Gasteiger charge is -2.34. The van der Waals surface area contributed by atoms with E-state index in [1.54, 1.807) is 0 Å². The second kappa shape index (κ2) is 12.3. The lowest BCUT2D eigenvalue weighted by atomic mass is 9.90. The molecule has 1 amide bonds. The average Bonchev–Trinajstić information content (AvgIpc) is 3.11. The van der Waals surface area contributed by atoms with Gasteiger partial charge >= 0.3 is 0 Å². The van der Waals surface area contributed by atoms with E-state index >= 15 is 0 Å². The van der Waals surface area contributed by atoms with E-state index in [9.17, 15) is 4.79 Å². The molecule has 2 saturated heterocycles. The van der Waals surface area contributed by atoms with Gasteiger partial charge in [-0.2, -0.15) is 0 Å². The Kier molecular flexibility index (Phi) is 10.1. The molecule has 5 nitrogen and oxygen atoms in total. The van der Waals surface area contributed by atoms with Crippen LogP contribution in [0.3, 0.4) is 0 Å². The zero-order chi connectivity index (χ0) is 18.9. The summed E-state index contributed by atoms with van der Waals surface area (Å²) < 4.78 is 0. The molecule has 0 saturated carbocycles. The topological polar surface area (TPSA) is 47.9 Å². The van der Waals surface area contributed by atoms with Crippen molar-refractivity contribution in [2.45, 2.75) is 45.4 Å². The minimum Gasteiger partial charge on any atom is -0.357 e. The summed E-state index contributed by atoms with van der Waals surface area (Å²) in [5, 5.41) is 3.45. The van der Waals surface area contributed by atoms with Gasteiger partial charge in [-0.1, -0.05) is 30.3 Å². The normalized spacial score (nSPS) is 18.3. The number of carbonyl (C=O) groups is 1. The minimum absolute atomic E-state index is 0. The predicted octanol–water partition coefficient (Wildman–Crippen LogP) is 3.54. The number of guanidine groups is 1. The molecule has 0 spiro atoms. The fourth-order valence-electron chi connectivity index (χ4n) is 4.11. The molecule has 2 heterocycles. The van der Waals surface area contributed by atoms with E-state index in [1.807, 2.05) is 4.90 Å². The van der Waals surface area contributed by atoms with Crippen molar-refractivity contribution in [2.75, 3.05) is 39.3 Å². The van der Waals surface area contributed by atoms with E-state index in [4.69, 9.17) is 4.99 Å². The van der Waals surface area contributed by atoms with Crippen LogP contribution in [0.5, 0.6) is 0 Å². The second-order valence-corrected chi connectivity index (χ2v) is 7.69. The van der Waals surface area contributed by atoms with Crippen LogP contribution in [0.2, 0.25) is 0 Å². The van der Waals surface area contributed by atoms with Crippen molar-refractivity contribution in [1.29, 1.82) is 0 Å². The van der Waals surface area contributed by atoms with Crippen molar-refractivity contribution < 1.29 is 4.79 Å². The SMILES string of the molecule is CCNC(=NCCCN1CCCC1=O)N1CCC(Cc2ccccc2)CC1.I. The number of nitrogens with zero attached hydrogens (tertiary/aromatic N) is 3. The lowest BCUT2D eigenvalue weighted by molar-refractivity contribution is -0.127. The molecular weight excluding hydrogens is 463 g/mol. The van der Waals surface area contributed by atoms with Crippen molar-refractivity contribution in [1.82, 2.24) is 15.1 Å². The number of likely N-dealkylation sites (tertiary alicyclic amines) is 2. The highest BCUT2D eigenvalue weighted by molar-refractivity contribution is 14.0. The molecule has 3 rings (SSSR count). The first kappa shape index (κ1) is 23.0. The first-order valence-corrected chi connectivity index (χ1v) is 10.6. The smallest absolute Gasteiger partial charge is 0.222 e. The number of halogens is 1. The van der Waals surface area contributed by atoms with E-state index in [1.165, 1.54) is 24.8 Å². The molecule has 2 aliphatic heterocycles. The zero-order valence-corrected chi connectivity index (χ0v) is 19.4. The Hall–Kier alpha value is -1.31. The number of aliphatic imine (C=N–C) groups is 1. The molecule has 0 aliphatic carbocycles. The molecule has 0 aromatic heterocycles. The molecular formula is C22H35IN4O. The maximum Gasteiger partial charge on any atom is 0.222 e. The van der Waals surface area contributed by atoms with E-state index < -0.39 is 0 Å². The van der Waals surface area contributed by atoms with Gasteiger partial charge in [0.2, 0.25) is 5.91 Å². The van der Waals surface area contributed by atoms with Crippen molar-refractivity contribution in [2.24, 2.45) is 10.9 Å². The summed E-state index contributed by atoms with van der Waals surface area (Å²) in [6, 6.07) is 10.8. The van der Waals surface area contributed by atoms with Gasteiger partial charge in [0, 0.05) is 45.7 Å². The van der Waals surface area contributed by atoms with Crippen LogP contribution in [-0.4, -0.2) is 60.9 Å². The van der Waals surface area contributed by atoms with Crippen molar-refractivity contribution in [3.8, 4) is 0 Å². The average molecular weight is 498 g/mol. The van der Waals surface area contributed by atoms with Gasteiger partial charge in [0.25, 0.3) is 0 Å². The molecule has 28 heavy (non-hydrogen) atoms. The molecule has 0 radical (unpaired) electrons. The summed E-state index contributed by atoms with van der Waals surface area (Å²) in [5.74, 6) is 2.13. The van der Waals surface area contributed by atoms with Crippen LogP contribution in [0, 0.1) is 5.92 Å². The molecule has 1 aromatic rings. The second-order valence-electron chi connectivity index (χ2n) is 7.69. The number of amides is 1. The van der Waals surface area contributed by atoms with Gasteiger partial charge in [-0.25, -0.2) is 0 Å². The maximum atomic E-state index is 11.7. The number of piperidine rings is 1. The van der Waals surface area contributed by atoms with Gasteiger partial charge in [0.15, 0.2) is 5.96 Å². The quantitative estimate of drug-likeness (QED) is 0.271. The van der Waals surface area contributed by atoms with Crippen LogP contribution in [0.15, 0.2) is 35.3 Å². The molecule has 0 atom stereocenters. The van der Waals surface area contributed by atoms with Crippen molar-refractivity contribution in [3.05, 3.63) is 35.9 Å². The zero-order valence-electron chi connectivity index (χ0n) is 17.1. The first-order valence-electron chi connectivity index (χ1n) is 10.6. The Morgan fingerprint density at radius 1 is 1.18 bits per heavy atom. The van der Waals surface area contributed by atoms with Gasteiger partial charge in [0.1, 0.15) is 0 Å². The van der Waals surface area contributed by atoms with E-state index in [2.05, 4.69) is 47.5 Å². The number of nitrogens with one attached hydrogen (secondary N) is 1. The Bertz CT molecular complexity index is 614. The number of hydrogen-bond acceptors (Lipinski definition) is 2. The Labute approximate surface area is 187 Å². The maximum absolute atomic E-state index is 11.7. The van der Waals surface area contributed by atoms with Crippen molar-refractivity contribution in [3.63, 3.8) is 0 Å². The largest absolute Gasteiger partial charge is 0.357 e. The summed E-state index contributed by atoms with van der Waals surface area (Å²) in [6.45, 7) is 7.74. The predicted molar refractivity (Wildman–Crippen MR) is 126 cm³/mol. The van der Waals surface area contributed by atoms with Crippen LogP contribution < -0.4 is 5.32 Å². The summed E-state index contributed by atoms with van der Waals surface area (Å²) in [4.78, 5) is 20.9. The van der Waals surface area contributed by atoms with E-state index in [0.29, 0.717) is 5.91 Å². The molecule has 0 unspecified atom stereocenters. The molecule has 156 valence electrons.